The zero-order valence-corrected chi connectivity index (χ0v) is 16.7. The summed E-state index contributed by atoms with van der Waals surface area (Å²) in [5.74, 6) is 0.545. The molecule has 0 atom stereocenters. The van der Waals surface area contributed by atoms with Gasteiger partial charge in [-0.05, 0) is 24.3 Å². The molecule has 0 bridgehead atoms. The number of hydrogen-bond acceptors (Lipinski definition) is 5. The second-order valence-corrected chi connectivity index (χ2v) is 6.40. The lowest BCUT2D eigenvalue weighted by molar-refractivity contribution is 0.0954. The number of para-hydroxylation sites is 1. The molecule has 0 aliphatic carbocycles. The van der Waals surface area contributed by atoms with Crippen LogP contribution in [0.1, 0.15) is 10.4 Å². The first-order valence-electron chi connectivity index (χ1n) is 9.50. The Morgan fingerprint density at radius 3 is 2.62 bits per heavy atom. The normalized spacial score (nSPS) is 10.7. The molecule has 152 valence electrons. The highest BCUT2D eigenvalue weighted by Crippen LogP contribution is 2.26. The first-order valence-corrected chi connectivity index (χ1v) is 9.50. The molecule has 0 aliphatic rings. The van der Waals surface area contributed by atoms with Gasteiger partial charge in [0.25, 0.3) is 5.91 Å². The summed E-state index contributed by atoms with van der Waals surface area (Å²) in [5.41, 5.74) is 2.83. The number of methoxy groups -OCH3 is 2. The number of benzene rings is 2. The minimum absolute atomic E-state index is 0.168. The van der Waals surface area contributed by atoms with Crippen LogP contribution in [0.2, 0.25) is 0 Å². The maximum Gasteiger partial charge on any atom is 0.255 e. The van der Waals surface area contributed by atoms with E-state index in [-0.39, 0.29) is 5.91 Å². The van der Waals surface area contributed by atoms with Crippen molar-refractivity contribution in [1.29, 1.82) is 0 Å². The van der Waals surface area contributed by atoms with Gasteiger partial charge in [-0.3, -0.25) is 4.79 Å². The van der Waals surface area contributed by atoms with Gasteiger partial charge in [0.2, 0.25) is 0 Å². The molecule has 2 aromatic carbocycles. The van der Waals surface area contributed by atoms with Crippen LogP contribution < -0.4 is 15.4 Å². The highest BCUT2D eigenvalue weighted by molar-refractivity contribution is 6.00. The lowest BCUT2D eigenvalue weighted by Crippen LogP contribution is -2.33. The number of carbonyl (C=O) groups is 1. The summed E-state index contributed by atoms with van der Waals surface area (Å²) < 4.78 is 12.0. The smallest absolute Gasteiger partial charge is 0.255 e. The van der Waals surface area contributed by atoms with E-state index in [1.54, 1.807) is 25.1 Å². The van der Waals surface area contributed by atoms with Crippen molar-refractivity contribution in [3.63, 3.8) is 0 Å². The Bertz CT molecular complexity index is 925. The topological polar surface area (TPSA) is 77.4 Å². The van der Waals surface area contributed by atoms with E-state index in [1.165, 1.54) is 0 Å². The number of rotatable bonds is 10. The average Bonchev–Trinajstić information content (AvgIpc) is 3.22. The molecule has 7 heteroatoms. The van der Waals surface area contributed by atoms with Gasteiger partial charge in [0.1, 0.15) is 11.4 Å². The van der Waals surface area contributed by atoms with Gasteiger partial charge >= 0.3 is 0 Å². The molecular weight excluding hydrogens is 368 g/mol. The lowest BCUT2D eigenvalue weighted by Gasteiger charge is -2.07. The monoisotopic (exact) mass is 394 g/mol. The van der Waals surface area contributed by atoms with E-state index in [2.05, 4.69) is 15.7 Å². The predicted molar refractivity (Wildman–Crippen MR) is 113 cm³/mol. The summed E-state index contributed by atoms with van der Waals surface area (Å²) in [6, 6.07) is 17.3. The van der Waals surface area contributed by atoms with Crippen molar-refractivity contribution in [1.82, 2.24) is 20.4 Å². The molecule has 0 aliphatic heterocycles. The number of carbonyl (C=O) groups excluding carboxylic acids is 1. The quantitative estimate of drug-likeness (QED) is 0.517. The van der Waals surface area contributed by atoms with Gasteiger partial charge in [0.15, 0.2) is 0 Å². The number of ether oxygens (including phenoxy) is 2. The third-order valence-corrected chi connectivity index (χ3v) is 4.39. The van der Waals surface area contributed by atoms with Gasteiger partial charge in [0, 0.05) is 38.5 Å². The summed E-state index contributed by atoms with van der Waals surface area (Å²) in [5, 5.41) is 10.8. The lowest BCUT2D eigenvalue weighted by atomic mass is 10.1. The fraction of sp³-hybridized carbons (Fsp3) is 0.273. The Labute approximate surface area is 170 Å². The van der Waals surface area contributed by atoms with Crippen LogP contribution in [-0.4, -0.2) is 56.1 Å². The summed E-state index contributed by atoms with van der Waals surface area (Å²) in [6.45, 7) is 2.55. The molecule has 3 rings (SSSR count). The van der Waals surface area contributed by atoms with Gasteiger partial charge < -0.3 is 20.1 Å². The second kappa shape index (κ2) is 10.4. The molecule has 3 aromatic rings. The Kier molecular flexibility index (Phi) is 7.38. The van der Waals surface area contributed by atoms with Crippen molar-refractivity contribution < 1.29 is 14.3 Å². The number of hydrogen-bond donors (Lipinski definition) is 2. The third-order valence-electron chi connectivity index (χ3n) is 4.39. The average molecular weight is 394 g/mol. The Morgan fingerprint density at radius 1 is 1.03 bits per heavy atom. The molecule has 0 fully saturated rings. The third kappa shape index (κ3) is 5.43. The van der Waals surface area contributed by atoms with Gasteiger partial charge in [-0.2, -0.15) is 5.10 Å². The van der Waals surface area contributed by atoms with Crippen LogP contribution in [0.4, 0.5) is 0 Å². The van der Waals surface area contributed by atoms with Crippen LogP contribution in [0.5, 0.6) is 5.75 Å². The first kappa shape index (κ1) is 20.6. The molecule has 0 saturated heterocycles. The summed E-state index contributed by atoms with van der Waals surface area (Å²) in [4.78, 5) is 12.9. The van der Waals surface area contributed by atoms with Gasteiger partial charge in [-0.15, -0.1) is 0 Å². The van der Waals surface area contributed by atoms with Crippen LogP contribution >= 0.6 is 0 Å². The van der Waals surface area contributed by atoms with E-state index in [0.29, 0.717) is 36.7 Å². The van der Waals surface area contributed by atoms with E-state index >= 15 is 0 Å². The number of nitrogens with zero attached hydrogens (tertiary/aromatic N) is 2. The molecule has 1 heterocycles. The molecule has 0 spiro atoms. The van der Waals surface area contributed by atoms with E-state index < -0.39 is 0 Å². The maximum atomic E-state index is 12.9. The summed E-state index contributed by atoms with van der Waals surface area (Å²) >= 11 is 0. The Morgan fingerprint density at radius 2 is 1.86 bits per heavy atom. The molecule has 2 N–H and O–H groups in total. The minimum atomic E-state index is -0.168. The fourth-order valence-electron chi connectivity index (χ4n) is 2.90. The van der Waals surface area contributed by atoms with E-state index in [9.17, 15) is 4.79 Å². The van der Waals surface area contributed by atoms with E-state index in [1.807, 2.05) is 54.6 Å². The van der Waals surface area contributed by atoms with Crippen molar-refractivity contribution in [2.24, 2.45) is 0 Å². The van der Waals surface area contributed by atoms with Crippen molar-refractivity contribution in [3.05, 3.63) is 66.4 Å². The standard InChI is InChI=1S/C22H26N4O3/c1-28-14-13-23-11-12-24-22(27)20-16-26(18-8-4-3-5-9-18)25-21(20)17-7-6-10-19(15-17)29-2/h3-10,15-16,23H,11-14H2,1-2H3,(H,24,27). The predicted octanol–water partition coefficient (Wildman–Crippen LogP) is 2.51. The zero-order chi connectivity index (χ0) is 20.5. The molecule has 0 unspecified atom stereocenters. The van der Waals surface area contributed by atoms with Crippen LogP contribution in [0.3, 0.4) is 0 Å². The molecule has 0 saturated carbocycles. The minimum Gasteiger partial charge on any atom is -0.497 e. The highest BCUT2D eigenvalue weighted by atomic mass is 16.5. The fourth-order valence-corrected chi connectivity index (χ4v) is 2.90. The van der Waals surface area contributed by atoms with Gasteiger partial charge in [-0.25, -0.2) is 4.68 Å². The SMILES string of the molecule is COCCNCCNC(=O)c1cn(-c2ccccc2)nc1-c1cccc(OC)c1. The molecule has 7 nitrogen and oxygen atoms in total. The van der Waals surface area contributed by atoms with Gasteiger partial charge in [0.05, 0.1) is 25.0 Å². The first-order chi connectivity index (χ1) is 14.2. The second-order valence-electron chi connectivity index (χ2n) is 6.40. The highest BCUT2D eigenvalue weighted by Gasteiger charge is 2.18. The zero-order valence-electron chi connectivity index (χ0n) is 16.7. The molecule has 0 radical (unpaired) electrons. The summed E-state index contributed by atoms with van der Waals surface area (Å²) in [7, 11) is 3.28. The molecular formula is C22H26N4O3. The van der Waals surface area contributed by atoms with Crippen LogP contribution in [0.15, 0.2) is 60.8 Å². The molecule has 1 aromatic heterocycles. The van der Waals surface area contributed by atoms with Crippen molar-refractivity contribution >= 4 is 5.91 Å². The van der Waals surface area contributed by atoms with E-state index in [4.69, 9.17) is 9.47 Å². The van der Waals surface area contributed by atoms with Crippen LogP contribution in [0.25, 0.3) is 16.9 Å². The largest absolute Gasteiger partial charge is 0.497 e. The Balaban J connectivity index is 1.84. The number of nitrogens with one attached hydrogen (secondary N) is 2. The molecule has 29 heavy (non-hydrogen) atoms. The Hall–Kier alpha value is -3.16. The summed E-state index contributed by atoms with van der Waals surface area (Å²) in [6.07, 6.45) is 1.76. The van der Waals surface area contributed by atoms with Crippen molar-refractivity contribution in [2.45, 2.75) is 0 Å². The molecule has 1 amide bonds. The van der Waals surface area contributed by atoms with Crippen molar-refractivity contribution in [2.75, 3.05) is 40.5 Å². The number of amides is 1. The van der Waals surface area contributed by atoms with Gasteiger partial charge in [-0.1, -0.05) is 30.3 Å². The van der Waals surface area contributed by atoms with E-state index in [0.717, 1.165) is 17.8 Å². The van der Waals surface area contributed by atoms with Crippen LogP contribution in [0, 0.1) is 0 Å². The van der Waals surface area contributed by atoms with Crippen molar-refractivity contribution in [3.8, 4) is 22.7 Å². The maximum absolute atomic E-state index is 12.9. The number of aromatic nitrogens is 2. The van der Waals surface area contributed by atoms with Crippen LogP contribution in [-0.2, 0) is 4.74 Å².